The molecule has 0 radical (unpaired) electrons. The number of carbonyl (C=O) groups excluding carboxylic acids is 2. The van der Waals surface area contributed by atoms with Crippen LogP contribution in [0.5, 0.6) is 0 Å². The van der Waals surface area contributed by atoms with E-state index in [1.54, 1.807) is 24.3 Å². The summed E-state index contributed by atoms with van der Waals surface area (Å²) >= 11 is 0. The Hall–Kier alpha value is -2.96. The molecule has 1 heterocycles. The van der Waals surface area contributed by atoms with Crippen molar-refractivity contribution < 1.29 is 14.3 Å². The van der Waals surface area contributed by atoms with Crippen molar-refractivity contribution in [2.24, 2.45) is 5.92 Å². The topological polar surface area (TPSA) is 93.2 Å². The van der Waals surface area contributed by atoms with E-state index in [0.29, 0.717) is 23.0 Å². The Morgan fingerprint density at radius 2 is 1.83 bits per heavy atom. The summed E-state index contributed by atoms with van der Waals surface area (Å²) < 4.78 is 4.62. The van der Waals surface area contributed by atoms with E-state index in [-0.39, 0.29) is 11.6 Å². The Kier molecular flexibility index (Phi) is 5.83. The second-order valence-corrected chi connectivity index (χ2v) is 5.58. The van der Waals surface area contributed by atoms with Crippen LogP contribution in [0.25, 0.3) is 0 Å². The lowest BCUT2D eigenvalue weighted by Gasteiger charge is -2.08. The van der Waals surface area contributed by atoms with Crippen molar-refractivity contribution in [2.45, 2.75) is 13.8 Å². The third kappa shape index (κ3) is 4.77. The fraction of sp³-hybridized carbons (Fsp3) is 0.294. The summed E-state index contributed by atoms with van der Waals surface area (Å²) in [7, 11) is 1.32. The summed E-state index contributed by atoms with van der Waals surface area (Å²) in [5, 5.41) is 5.83. The lowest BCUT2D eigenvalue weighted by Crippen LogP contribution is -2.15. The van der Waals surface area contributed by atoms with E-state index in [9.17, 15) is 9.59 Å². The Morgan fingerprint density at radius 3 is 2.38 bits per heavy atom. The van der Waals surface area contributed by atoms with E-state index in [2.05, 4.69) is 39.2 Å². The average Bonchev–Trinajstić information content (AvgIpc) is 2.60. The van der Waals surface area contributed by atoms with Gasteiger partial charge < -0.3 is 15.4 Å². The SMILES string of the molecule is COC(=O)c1ccc(NC(=O)c2cnc(NCC(C)C)cn2)cc1. The molecule has 24 heavy (non-hydrogen) atoms. The van der Waals surface area contributed by atoms with Gasteiger partial charge in [0.25, 0.3) is 5.91 Å². The van der Waals surface area contributed by atoms with E-state index < -0.39 is 5.97 Å². The number of nitrogens with one attached hydrogen (secondary N) is 2. The molecular weight excluding hydrogens is 308 g/mol. The highest BCUT2D eigenvalue weighted by molar-refractivity contribution is 6.03. The van der Waals surface area contributed by atoms with Gasteiger partial charge in [-0.15, -0.1) is 0 Å². The largest absolute Gasteiger partial charge is 0.465 e. The van der Waals surface area contributed by atoms with E-state index in [1.807, 2.05) is 0 Å². The van der Waals surface area contributed by atoms with Crippen LogP contribution in [-0.2, 0) is 4.74 Å². The first-order valence-corrected chi connectivity index (χ1v) is 7.55. The van der Waals surface area contributed by atoms with Crippen LogP contribution in [-0.4, -0.2) is 35.5 Å². The third-order valence-corrected chi connectivity index (χ3v) is 3.14. The molecule has 0 atom stereocenters. The maximum atomic E-state index is 12.1. The van der Waals surface area contributed by atoms with Gasteiger partial charge in [0, 0.05) is 12.2 Å². The Balaban J connectivity index is 1.97. The summed E-state index contributed by atoms with van der Waals surface area (Å²) in [5.41, 5.74) is 1.18. The number of esters is 1. The fourth-order valence-corrected chi connectivity index (χ4v) is 1.85. The molecule has 0 aliphatic carbocycles. The number of carbonyl (C=O) groups is 2. The molecular formula is C17H20N4O3. The number of methoxy groups -OCH3 is 1. The maximum Gasteiger partial charge on any atom is 0.337 e. The molecule has 7 nitrogen and oxygen atoms in total. The molecule has 0 aliphatic rings. The summed E-state index contributed by atoms with van der Waals surface area (Å²) in [6, 6.07) is 6.39. The zero-order valence-electron chi connectivity index (χ0n) is 13.9. The van der Waals surface area contributed by atoms with Crippen LogP contribution in [0.15, 0.2) is 36.7 Å². The van der Waals surface area contributed by atoms with E-state index >= 15 is 0 Å². The van der Waals surface area contributed by atoms with Crippen LogP contribution in [0.2, 0.25) is 0 Å². The third-order valence-electron chi connectivity index (χ3n) is 3.14. The van der Waals surface area contributed by atoms with Crippen LogP contribution in [0, 0.1) is 5.92 Å². The monoisotopic (exact) mass is 328 g/mol. The molecule has 1 aromatic heterocycles. The smallest absolute Gasteiger partial charge is 0.337 e. The number of aromatic nitrogens is 2. The molecule has 0 bridgehead atoms. The highest BCUT2D eigenvalue weighted by Gasteiger charge is 2.10. The van der Waals surface area contributed by atoms with Crippen molar-refractivity contribution >= 4 is 23.4 Å². The average molecular weight is 328 g/mol. The lowest BCUT2D eigenvalue weighted by atomic mass is 10.2. The van der Waals surface area contributed by atoms with Gasteiger partial charge in [-0.25, -0.2) is 14.8 Å². The first kappa shape index (κ1) is 17.4. The zero-order valence-corrected chi connectivity index (χ0v) is 13.9. The maximum absolute atomic E-state index is 12.1. The molecule has 1 aromatic carbocycles. The minimum Gasteiger partial charge on any atom is -0.465 e. The summed E-state index contributed by atoms with van der Waals surface area (Å²) in [6.07, 6.45) is 2.94. The highest BCUT2D eigenvalue weighted by Crippen LogP contribution is 2.12. The van der Waals surface area contributed by atoms with Gasteiger partial charge in [0.15, 0.2) is 0 Å². The number of hydrogen-bond acceptors (Lipinski definition) is 6. The lowest BCUT2D eigenvalue weighted by molar-refractivity contribution is 0.0600. The van der Waals surface area contributed by atoms with Crippen LogP contribution < -0.4 is 10.6 Å². The van der Waals surface area contributed by atoms with E-state index in [1.165, 1.54) is 19.5 Å². The normalized spacial score (nSPS) is 10.3. The molecule has 0 unspecified atom stereocenters. The first-order valence-electron chi connectivity index (χ1n) is 7.55. The van der Waals surface area contributed by atoms with Gasteiger partial charge in [0.05, 0.1) is 25.1 Å². The molecule has 0 spiro atoms. The van der Waals surface area contributed by atoms with Crippen molar-refractivity contribution in [1.82, 2.24) is 9.97 Å². The second-order valence-electron chi connectivity index (χ2n) is 5.58. The van der Waals surface area contributed by atoms with Gasteiger partial charge in [0.1, 0.15) is 11.5 Å². The Bertz CT molecular complexity index is 697. The zero-order chi connectivity index (χ0) is 17.5. The van der Waals surface area contributed by atoms with Crippen LogP contribution >= 0.6 is 0 Å². The second kappa shape index (κ2) is 8.05. The number of benzene rings is 1. The summed E-state index contributed by atoms with van der Waals surface area (Å²) in [4.78, 5) is 31.8. The standard InChI is InChI=1S/C17H20N4O3/c1-11(2)8-19-15-10-18-14(9-20-15)16(22)21-13-6-4-12(5-7-13)17(23)24-3/h4-7,9-11H,8H2,1-3H3,(H,19,20)(H,21,22). The fourth-order valence-electron chi connectivity index (χ4n) is 1.85. The molecule has 0 aliphatic heterocycles. The van der Waals surface area contributed by atoms with Crippen molar-refractivity contribution in [3.8, 4) is 0 Å². The number of amides is 1. The van der Waals surface area contributed by atoms with Crippen molar-refractivity contribution in [3.63, 3.8) is 0 Å². The molecule has 0 saturated carbocycles. The number of anilines is 2. The quantitative estimate of drug-likeness (QED) is 0.792. The number of nitrogens with zero attached hydrogens (tertiary/aromatic N) is 2. The van der Waals surface area contributed by atoms with Crippen LogP contribution in [0.4, 0.5) is 11.5 Å². The number of rotatable bonds is 6. The van der Waals surface area contributed by atoms with Gasteiger partial charge in [-0.05, 0) is 30.2 Å². The number of ether oxygens (including phenoxy) is 1. The van der Waals surface area contributed by atoms with E-state index in [0.717, 1.165) is 6.54 Å². The molecule has 1 amide bonds. The molecule has 7 heteroatoms. The van der Waals surface area contributed by atoms with Gasteiger partial charge in [-0.3, -0.25) is 4.79 Å². The minimum absolute atomic E-state index is 0.210. The van der Waals surface area contributed by atoms with Crippen LogP contribution in [0.3, 0.4) is 0 Å². The summed E-state index contributed by atoms with van der Waals surface area (Å²) in [6.45, 7) is 4.97. The van der Waals surface area contributed by atoms with Gasteiger partial charge >= 0.3 is 5.97 Å². The molecule has 2 aromatic rings. The molecule has 126 valence electrons. The molecule has 0 fully saturated rings. The van der Waals surface area contributed by atoms with Crippen molar-refractivity contribution in [2.75, 3.05) is 24.3 Å². The summed E-state index contributed by atoms with van der Waals surface area (Å²) in [5.74, 6) is 0.317. The first-order chi connectivity index (χ1) is 11.5. The molecule has 2 N–H and O–H groups in total. The van der Waals surface area contributed by atoms with Crippen molar-refractivity contribution in [1.29, 1.82) is 0 Å². The highest BCUT2D eigenvalue weighted by atomic mass is 16.5. The minimum atomic E-state index is -0.428. The van der Waals surface area contributed by atoms with Gasteiger partial charge in [-0.2, -0.15) is 0 Å². The Morgan fingerprint density at radius 1 is 1.12 bits per heavy atom. The molecule has 0 saturated heterocycles. The predicted molar refractivity (Wildman–Crippen MR) is 91.1 cm³/mol. The predicted octanol–water partition coefficient (Wildman–Crippen LogP) is 2.58. The molecule has 2 rings (SSSR count). The van der Waals surface area contributed by atoms with Crippen LogP contribution in [0.1, 0.15) is 34.7 Å². The van der Waals surface area contributed by atoms with Gasteiger partial charge in [0.2, 0.25) is 0 Å². The van der Waals surface area contributed by atoms with Crippen molar-refractivity contribution in [3.05, 3.63) is 47.9 Å². The Labute approximate surface area is 140 Å². The van der Waals surface area contributed by atoms with E-state index in [4.69, 9.17) is 0 Å². The number of hydrogen-bond donors (Lipinski definition) is 2. The van der Waals surface area contributed by atoms with Gasteiger partial charge in [-0.1, -0.05) is 13.8 Å².